The second-order valence-electron chi connectivity index (χ2n) is 3.28. The lowest BCUT2D eigenvalue weighted by Crippen LogP contribution is -1.92. The van der Waals surface area contributed by atoms with Crippen molar-refractivity contribution >= 4 is 27.3 Å². The lowest BCUT2D eigenvalue weighted by Gasteiger charge is -1.97. The van der Waals surface area contributed by atoms with E-state index in [4.69, 9.17) is 10.2 Å². The van der Waals surface area contributed by atoms with Gasteiger partial charge in [-0.2, -0.15) is 0 Å². The van der Waals surface area contributed by atoms with E-state index in [2.05, 4.69) is 26.1 Å². The van der Waals surface area contributed by atoms with E-state index < -0.39 is 0 Å². The minimum atomic E-state index is 0.590. The molecule has 0 saturated heterocycles. The van der Waals surface area contributed by atoms with Crippen LogP contribution >= 0.6 is 15.9 Å². The molecule has 0 aliphatic carbocycles. The van der Waals surface area contributed by atoms with Crippen LogP contribution in [0.5, 0.6) is 0 Å². The molecule has 6 heteroatoms. The maximum Gasteiger partial charge on any atom is 0.204 e. The molecule has 0 saturated carbocycles. The lowest BCUT2D eigenvalue weighted by atomic mass is 10.4. The van der Waals surface area contributed by atoms with Crippen molar-refractivity contribution in [1.82, 2.24) is 14.6 Å². The zero-order chi connectivity index (χ0) is 11.1. The van der Waals surface area contributed by atoms with Crippen LogP contribution in [0, 0.1) is 0 Å². The van der Waals surface area contributed by atoms with Crippen LogP contribution in [0.1, 0.15) is 0 Å². The molecule has 0 radical (unpaired) electrons. The van der Waals surface area contributed by atoms with Crippen molar-refractivity contribution in [1.29, 1.82) is 0 Å². The van der Waals surface area contributed by atoms with Crippen molar-refractivity contribution < 1.29 is 4.42 Å². The first-order valence-corrected chi connectivity index (χ1v) is 5.40. The summed E-state index contributed by atoms with van der Waals surface area (Å²) in [7, 11) is 0. The summed E-state index contributed by atoms with van der Waals surface area (Å²) in [5, 5.41) is 8.07. The molecule has 0 unspecified atom stereocenters. The minimum Gasteiger partial charge on any atom is -0.446 e. The summed E-state index contributed by atoms with van der Waals surface area (Å²) in [6, 6.07) is 7.26. The minimum absolute atomic E-state index is 0.590. The largest absolute Gasteiger partial charge is 0.446 e. The molecule has 5 nitrogen and oxygen atoms in total. The molecule has 3 rings (SSSR count). The Bertz CT molecular complexity index is 658. The van der Waals surface area contributed by atoms with E-state index in [1.165, 1.54) is 0 Å². The van der Waals surface area contributed by atoms with Gasteiger partial charge >= 0.3 is 0 Å². The zero-order valence-electron chi connectivity index (χ0n) is 8.09. The molecule has 0 atom stereocenters. The van der Waals surface area contributed by atoms with Gasteiger partial charge < -0.3 is 10.2 Å². The van der Waals surface area contributed by atoms with Gasteiger partial charge in [-0.3, -0.25) is 4.40 Å². The Balaban J connectivity index is 2.29. The average Bonchev–Trinajstić information content (AvgIpc) is 2.84. The number of nitrogen functional groups attached to an aromatic ring is 1. The fourth-order valence-corrected chi connectivity index (χ4v) is 1.85. The van der Waals surface area contributed by atoms with E-state index in [1.54, 1.807) is 10.5 Å². The van der Waals surface area contributed by atoms with Gasteiger partial charge in [0, 0.05) is 6.20 Å². The quantitative estimate of drug-likeness (QED) is 0.742. The normalized spacial score (nSPS) is 11.1. The van der Waals surface area contributed by atoms with Gasteiger partial charge in [-0.1, -0.05) is 0 Å². The van der Waals surface area contributed by atoms with Crippen LogP contribution in [-0.2, 0) is 0 Å². The third kappa shape index (κ3) is 1.30. The zero-order valence-corrected chi connectivity index (χ0v) is 9.68. The van der Waals surface area contributed by atoms with E-state index in [9.17, 15) is 0 Å². The number of nitrogens with two attached hydrogens (primary N) is 1. The summed E-state index contributed by atoms with van der Waals surface area (Å²) >= 11 is 3.25. The Hall–Kier alpha value is -1.82. The van der Waals surface area contributed by atoms with Crippen LogP contribution in [0.15, 0.2) is 39.5 Å². The molecule has 0 amide bonds. The molecule has 3 aromatic heterocycles. The van der Waals surface area contributed by atoms with E-state index in [-0.39, 0.29) is 0 Å². The molecule has 16 heavy (non-hydrogen) atoms. The Morgan fingerprint density at radius 2 is 2.12 bits per heavy atom. The highest BCUT2D eigenvalue weighted by Crippen LogP contribution is 2.25. The van der Waals surface area contributed by atoms with E-state index in [0.29, 0.717) is 27.6 Å². The summed E-state index contributed by atoms with van der Waals surface area (Å²) in [4.78, 5) is 0. The van der Waals surface area contributed by atoms with E-state index in [0.717, 1.165) is 0 Å². The molecular formula is C10H7BrN4O. The molecule has 3 heterocycles. The molecule has 2 N–H and O–H groups in total. The molecule has 0 aromatic carbocycles. The molecule has 80 valence electrons. The van der Waals surface area contributed by atoms with Gasteiger partial charge in [0.2, 0.25) is 5.82 Å². The molecule has 0 spiro atoms. The standard InChI is InChI=1S/C10H7BrN4O/c11-8-4-3-7(16-8)10-14-13-9-6(12)2-1-5-15(9)10/h1-5H,12H2. The summed E-state index contributed by atoms with van der Waals surface area (Å²) in [5.74, 6) is 1.28. The van der Waals surface area contributed by atoms with Gasteiger partial charge in [0.15, 0.2) is 16.1 Å². The molecule has 0 aliphatic heterocycles. The third-order valence-corrected chi connectivity index (χ3v) is 2.68. The molecule has 0 bridgehead atoms. The van der Waals surface area contributed by atoms with Crippen LogP contribution in [0.3, 0.4) is 0 Å². The first-order valence-electron chi connectivity index (χ1n) is 4.60. The number of furan rings is 1. The Kier molecular flexibility index (Phi) is 1.97. The van der Waals surface area contributed by atoms with Gasteiger partial charge in [-0.25, -0.2) is 0 Å². The lowest BCUT2D eigenvalue weighted by molar-refractivity contribution is 0.550. The second kappa shape index (κ2) is 3.34. The number of nitrogens with zero attached hydrogens (tertiary/aromatic N) is 3. The number of rotatable bonds is 1. The number of aromatic nitrogens is 3. The van der Waals surface area contributed by atoms with Crippen molar-refractivity contribution in [3.63, 3.8) is 0 Å². The van der Waals surface area contributed by atoms with Crippen LogP contribution in [-0.4, -0.2) is 14.6 Å². The number of hydrogen-bond acceptors (Lipinski definition) is 4. The second-order valence-corrected chi connectivity index (χ2v) is 4.07. The fraction of sp³-hybridized carbons (Fsp3) is 0. The smallest absolute Gasteiger partial charge is 0.204 e. The van der Waals surface area contributed by atoms with Crippen molar-refractivity contribution in [2.45, 2.75) is 0 Å². The van der Waals surface area contributed by atoms with Crippen molar-refractivity contribution in [3.05, 3.63) is 35.1 Å². The van der Waals surface area contributed by atoms with Gasteiger partial charge in [-0.15, -0.1) is 10.2 Å². The average molecular weight is 279 g/mol. The van der Waals surface area contributed by atoms with Crippen LogP contribution in [0.25, 0.3) is 17.2 Å². The number of hydrogen-bond donors (Lipinski definition) is 1. The van der Waals surface area contributed by atoms with E-state index >= 15 is 0 Å². The summed E-state index contributed by atoms with van der Waals surface area (Å²) in [6.45, 7) is 0. The monoisotopic (exact) mass is 278 g/mol. The van der Waals surface area contributed by atoms with Crippen molar-refractivity contribution in [2.24, 2.45) is 0 Å². The highest BCUT2D eigenvalue weighted by molar-refractivity contribution is 9.10. The molecule has 0 aliphatic rings. The summed E-state index contributed by atoms with van der Waals surface area (Å²) < 4.78 is 7.88. The van der Waals surface area contributed by atoms with Crippen LogP contribution in [0.4, 0.5) is 5.69 Å². The summed E-state index contributed by atoms with van der Waals surface area (Å²) in [5.41, 5.74) is 7.01. The third-order valence-electron chi connectivity index (χ3n) is 2.26. The maximum absolute atomic E-state index is 5.79. The molecular weight excluding hydrogens is 272 g/mol. The van der Waals surface area contributed by atoms with E-state index in [1.807, 2.05) is 24.4 Å². The van der Waals surface area contributed by atoms with Crippen molar-refractivity contribution in [2.75, 3.05) is 5.73 Å². The predicted molar refractivity (Wildman–Crippen MR) is 62.8 cm³/mol. The fourth-order valence-electron chi connectivity index (χ4n) is 1.54. The summed E-state index contributed by atoms with van der Waals surface area (Å²) in [6.07, 6.45) is 1.84. The Morgan fingerprint density at radius 3 is 2.88 bits per heavy atom. The Morgan fingerprint density at radius 1 is 1.25 bits per heavy atom. The first kappa shape index (κ1) is 9.41. The van der Waals surface area contributed by atoms with Crippen LogP contribution in [0.2, 0.25) is 0 Å². The maximum atomic E-state index is 5.79. The van der Waals surface area contributed by atoms with Gasteiger partial charge in [0.25, 0.3) is 0 Å². The number of fused-ring (bicyclic) bond motifs is 1. The molecule has 0 fully saturated rings. The SMILES string of the molecule is Nc1cccn2c(-c3ccc(Br)o3)nnc12. The number of anilines is 1. The highest BCUT2D eigenvalue weighted by Gasteiger charge is 2.12. The van der Waals surface area contributed by atoms with Crippen LogP contribution < -0.4 is 5.73 Å². The molecule has 3 aromatic rings. The van der Waals surface area contributed by atoms with Gasteiger partial charge in [-0.05, 0) is 40.2 Å². The first-order chi connectivity index (χ1) is 7.75. The topological polar surface area (TPSA) is 69.3 Å². The van der Waals surface area contributed by atoms with Crippen molar-refractivity contribution in [3.8, 4) is 11.6 Å². The Labute approximate surface area is 99.0 Å². The number of halogens is 1. The predicted octanol–water partition coefficient (Wildman–Crippen LogP) is 2.33. The highest BCUT2D eigenvalue weighted by atomic mass is 79.9. The number of pyridine rings is 1. The van der Waals surface area contributed by atoms with Gasteiger partial charge in [0.05, 0.1) is 5.69 Å². The van der Waals surface area contributed by atoms with Gasteiger partial charge in [0.1, 0.15) is 0 Å².